The maximum atomic E-state index is 11.2. The quantitative estimate of drug-likeness (QED) is 0.596. The highest BCUT2D eigenvalue weighted by atomic mass is 16.5. The third-order valence-electron chi connectivity index (χ3n) is 2.25. The molecule has 0 atom stereocenters. The molecule has 0 bridgehead atoms. The topological polar surface area (TPSA) is 43.6 Å². The van der Waals surface area contributed by atoms with Crippen LogP contribution in [-0.4, -0.2) is 50.2 Å². The van der Waals surface area contributed by atoms with Crippen molar-refractivity contribution in [3.63, 3.8) is 0 Å². The number of carbonyl (C=O) groups is 1. The zero-order valence-corrected chi connectivity index (χ0v) is 8.87. The van der Waals surface area contributed by atoms with E-state index in [1.54, 1.807) is 0 Å². The van der Waals surface area contributed by atoms with Gasteiger partial charge in [0.05, 0.1) is 13.0 Å². The van der Waals surface area contributed by atoms with Crippen LogP contribution in [0, 0.1) is 0 Å². The van der Waals surface area contributed by atoms with Crippen LogP contribution in [0.1, 0.15) is 19.8 Å². The lowest BCUT2D eigenvalue weighted by atomic mass is 10.3. The molecule has 0 amide bonds. The summed E-state index contributed by atoms with van der Waals surface area (Å²) in [5.74, 6) is -0.0747. The lowest BCUT2D eigenvalue weighted by molar-refractivity contribution is -0.144. The lowest BCUT2D eigenvalue weighted by Gasteiger charge is -2.25. The molecule has 0 aliphatic carbocycles. The van der Waals surface area contributed by atoms with Crippen molar-refractivity contribution in [1.29, 1.82) is 0 Å². The summed E-state index contributed by atoms with van der Waals surface area (Å²) in [4.78, 5) is 13.4. The number of rotatable bonds is 5. The van der Waals surface area contributed by atoms with E-state index in [1.807, 2.05) is 6.92 Å². The molecule has 1 aliphatic heterocycles. The Morgan fingerprint density at radius 2 is 2.14 bits per heavy atom. The second kappa shape index (κ2) is 6.79. The molecular weight excluding hydrogens is 180 g/mol. The minimum absolute atomic E-state index is 0.0747. The van der Waals surface area contributed by atoms with Crippen LogP contribution < -0.4 is 5.32 Å². The average molecular weight is 199 g/mol. The fourth-order valence-corrected chi connectivity index (χ4v) is 1.41. The highest BCUT2D eigenvalue weighted by Gasteiger charge is 2.11. The Morgan fingerprint density at radius 1 is 1.43 bits per heavy atom. The predicted octanol–water partition coefficient (Wildman–Crippen LogP) is 0.250. The van der Waals surface area contributed by atoms with Crippen molar-refractivity contribution in [3.05, 3.63) is 0 Å². The Balaban J connectivity index is 2.03. The monoisotopic (exact) mass is 199 g/mol. The van der Waals surface area contributed by atoms with Gasteiger partial charge in [0.25, 0.3) is 0 Å². The molecule has 1 fully saturated rings. The summed E-state index contributed by atoms with van der Waals surface area (Å²) in [6.45, 7) is 7.15. The minimum Gasteiger partial charge on any atom is -0.466 e. The normalized spacial score (nSPS) is 18.1. The third-order valence-corrected chi connectivity index (χ3v) is 2.25. The number of nitrogens with zero attached hydrogens (tertiary/aromatic N) is 2. The van der Waals surface area contributed by atoms with E-state index in [-0.39, 0.29) is 5.97 Å². The second-order valence-corrected chi connectivity index (χ2v) is 3.48. The third kappa shape index (κ3) is 4.58. The second-order valence-electron chi connectivity index (χ2n) is 3.48. The minimum atomic E-state index is -0.0747. The van der Waals surface area contributed by atoms with E-state index < -0.39 is 0 Å². The molecule has 0 aromatic rings. The number of ether oxygens (including phenoxy) is 1. The van der Waals surface area contributed by atoms with Crippen molar-refractivity contribution in [1.82, 2.24) is 10.2 Å². The Morgan fingerprint density at radius 3 is 2.79 bits per heavy atom. The van der Waals surface area contributed by atoms with Crippen molar-refractivity contribution in [2.45, 2.75) is 19.8 Å². The molecule has 0 aromatic carbocycles. The van der Waals surface area contributed by atoms with Crippen molar-refractivity contribution in [3.8, 4) is 0 Å². The maximum Gasteiger partial charge on any atom is 0.307 e. The molecule has 1 saturated heterocycles. The summed E-state index contributed by atoms with van der Waals surface area (Å²) in [5, 5.41) is 4.25. The van der Waals surface area contributed by atoms with Gasteiger partial charge in [-0.15, -0.1) is 0 Å². The van der Waals surface area contributed by atoms with E-state index in [9.17, 15) is 4.79 Å². The zero-order valence-electron chi connectivity index (χ0n) is 8.87. The standard InChI is InChI=1S/C10H19N2O2/c1-2-9-14-10(13)3-6-12-7-4-11-5-8-12/h2-9H2,1H3. The first-order valence-corrected chi connectivity index (χ1v) is 5.34. The molecule has 0 aromatic heterocycles. The summed E-state index contributed by atoms with van der Waals surface area (Å²) >= 11 is 0. The smallest absolute Gasteiger partial charge is 0.307 e. The Bertz CT molecular complexity index is 168. The highest BCUT2D eigenvalue weighted by molar-refractivity contribution is 5.69. The van der Waals surface area contributed by atoms with Gasteiger partial charge in [-0.3, -0.25) is 4.79 Å². The van der Waals surface area contributed by atoms with Gasteiger partial charge in [0.1, 0.15) is 0 Å². The number of hydrogen-bond acceptors (Lipinski definition) is 3. The summed E-state index contributed by atoms with van der Waals surface area (Å²) in [6.07, 6.45) is 1.41. The average Bonchev–Trinajstić information content (AvgIpc) is 2.25. The Kier molecular flexibility index (Phi) is 5.56. The molecular formula is C10H19N2O2. The number of piperazine rings is 1. The summed E-state index contributed by atoms with van der Waals surface area (Å²) in [5.41, 5.74) is 0. The van der Waals surface area contributed by atoms with Gasteiger partial charge >= 0.3 is 5.97 Å². The van der Waals surface area contributed by atoms with Crippen LogP contribution in [0.2, 0.25) is 0 Å². The first-order chi connectivity index (χ1) is 6.83. The molecule has 0 unspecified atom stereocenters. The molecule has 1 heterocycles. The number of hydrogen-bond donors (Lipinski definition) is 0. The van der Waals surface area contributed by atoms with Crippen LogP contribution in [0.25, 0.3) is 0 Å². The van der Waals surface area contributed by atoms with Gasteiger partial charge in [-0.2, -0.15) is 0 Å². The Hall–Kier alpha value is -0.610. The molecule has 1 aliphatic rings. The van der Waals surface area contributed by atoms with Gasteiger partial charge in [0.2, 0.25) is 0 Å². The lowest BCUT2D eigenvalue weighted by Crippen LogP contribution is -2.41. The van der Waals surface area contributed by atoms with Gasteiger partial charge < -0.3 is 9.64 Å². The fraction of sp³-hybridized carbons (Fsp3) is 0.900. The molecule has 0 N–H and O–H groups in total. The number of carbonyl (C=O) groups excluding carboxylic acids is 1. The molecule has 1 radical (unpaired) electrons. The summed E-state index contributed by atoms with van der Waals surface area (Å²) in [6, 6.07) is 0. The number of esters is 1. The molecule has 14 heavy (non-hydrogen) atoms. The van der Waals surface area contributed by atoms with Crippen LogP contribution in [0.5, 0.6) is 0 Å². The van der Waals surface area contributed by atoms with E-state index in [1.165, 1.54) is 0 Å². The van der Waals surface area contributed by atoms with Gasteiger partial charge in [-0.05, 0) is 6.42 Å². The molecule has 0 saturated carbocycles. The van der Waals surface area contributed by atoms with Gasteiger partial charge in [0.15, 0.2) is 0 Å². The van der Waals surface area contributed by atoms with Crippen molar-refractivity contribution in [2.75, 3.05) is 39.3 Å². The van der Waals surface area contributed by atoms with Crippen molar-refractivity contribution < 1.29 is 9.53 Å². The van der Waals surface area contributed by atoms with Gasteiger partial charge in [-0.1, -0.05) is 6.92 Å². The van der Waals surface area contributed by atoms with E-state index in [4.69, 9.17) is 4.74 Å². The molecule has 81 valence electrons. The van der Waals surface area contributed by atoms with Crippen molar-refractivity contribution >= 4 is 5.97 Å². The molecule has 4 heteroatoms. The van der Waals surface area contributed by atoms with E-state index in [0.29, 0.717) is 13.0 Å². The van der Waals surface area contributed by atoms with Crippen LogP contribution >= 0.6 is 0 Å². The van der Waals surface area contributed by atoms with Gasteiger partial charge in [0, 0.05) is 32.7 Å². The molecule has 0 spiro atoms. The maximum absolute atomic E-state index is 11.2. The zero-order chi connectivity index (χ0) is 10.2. The largest absolute Gasteiger partial charge is 0.466 e. The van der Waals surface area contributed by atoms with E-state index >= 15 is 0 Å². The fourth-order valence-electron chi connectivity index (χ4n) is 1.41. The molecule has 1 rings (SSSR count). The predicted molar refractivity (Wildman–Crippen MR) is 54.2 cm³/mol. The van der Waals surface area contributed by atoms with Gasteiger partial charge in [-0.25, -0.2) is 5.32 Å². The molecule has 4 nitrogen and oxygen atoms in total. The van der Waals surface area contributed by atoms with E-state index in [0.717, 1.165) is 39.1 Å². The van der Waals surface area contributed by atoms with Crippen LogP contribution in [0.3, 0.4) is 0 Å². The Labute approximate surface area is 85.6 Å². The van der Waals surface area contributed by atoms with Crippen molar-refractivity contribution in [2.24, 2.45) is 0 Å². The van der Waals surface area contributed by atoms with E-state index in [2.05, 4.69) is 10.2 Å². The SMILES string of the molecule is CCCOC(=O)CCN1CC[N]CC1. The van der Waals surface area contributed by atoms with Crippen LogP contribution in [0.4, 0.5) is 0 Å². The first-order valence-electron chi connectivity index (χ1n) is 5.34. The highest BCUT2D eigenvalue weighted by Crippen LogP contribution is 1.97. The van der Waals surface area contributed by atoms with Crippen LogP contribution in [0.15, 0.2) is 0 Å². The first kappa shape index (κ1) is 11.5. The van der Waals surface area contributed by atoms with Crippen LogP contribution in [-0.2, 0) is 9.53 Å². The summed E-state index contributed by atoms with van der Waals surface area (Å²) in [7, 11) is 0. The summed E-state index contributed by atoms with van der Waals surface area (Å²) < 4.78 is 4.99.